The smallest absolute Gasteiger partial charge is 0.331 e. The minimum Gasteiger partial charge on any atom is -0.370 e. The minimum atomic E-state index is -0.345. The van der Waals surface area contributed by atoms with Crippen LogP contribution in [0.2, 0.25) is 5.02 Å². The van der Waals surface area contributed by atoms with Crippen LogP contribution in [-0.4, -0.2) is 30.5 Å². The van der Waals surface area contributed by atoms with E-state index < -0.39 is 0 Å². The number of nitrogens with two attached hydrogens (primary N) is 1. The second kappa shape index (κ2) is 7.14. The summed E-state index contributed by atoms with van der Waals surface area (Å²) in [6.45, 7) is 4.52. The van der Waals surface area contributed by atoms with Crippen LogP contribution in [0.4, 0.5) is 10.5 Å². The fourth-order valence-corrected chi connectivity index (χ4v) is 2.25. The highest BCUT2D eigenvalue weighted by atomic mass is 35.5. The fraction of sp³-hybridized carbons (Fsp3) is 0.429. The molecule has 0 saturated heterocycles. The Kier molecular flexibility index (Phi) is 5.82. The standard InChI is InChI=1S/C14H21ClN4O/c1-4-9-19(14(20)18(3)13(16)17)12-10(5-2)7-6-8-11(12)15/h6-8H,4-5,9H2,1-3H3,(H3,16,17). The van der Waals surface area contributed by atoms with Gasteiger partial charge in [0.1, 0.15) is 0 Å². The van der Waals surface area contributed by atoms with Crippen molar-refractivity contribution in [3.63, 3.8) is 0 Å². The molecule has 3 N–H and O–H groups in total. The molecule has 0 saturated carbocycles. The van der Waals surface area contributed by atoms with Crippen LogP contribution in [0.1, 0.15) is 25.8 Å². The number of benzene rings is 1. The van der Waals surface area contributed by atoms with Gasteiger partial charge < -0.3 is 5.73 Å². The molecule has 110 valence electrons. The average Bonchev–Trinajstić information content (AvgIpc) is 2.43. The normalized spacial score (nSPS) is 10.2. The molecule has 0 unspecified atom stereocenters. The van der Waals surface area contributed by atoms with Gasteiger partial charge in [-0.05, 0) is 24.5 Å². The lowest BCUT2D eigenvalue weighted by Crippen LogP contribution is -2.47. The summed E-state index contributed by atoms with van der Waals surface area (Å²) in [5.74, 6) is -0.291. The molecule has 1 aromatic rings. The number of anilines is 1. The number of hydrogen-bond donors (Lipinski definition) is 2. The second-order valence-corrected chi connectivity index (χ2v) is 4.89. The highest BCUT2D eigenvalue weighted by Crippen LogP contribution is 2.31. The van der Waals surface area contributed by atoms with Crippen LogP contribution < -0.4 is 10.6 Å². The molecular formula is C14H21ClN4O. The van der Waals surface area contributed by atoms with E-state index in [0.29, 0.717) is 17.3 Å². The van der Waals surface area contributed by atoms with Gasteiger partial charge in [-0.2, -0.15) is 0 Å². The number of nitrogens with one attached hydrogen (secondary N) is 1. The van der Waals surface area contributed by atoms with Crippen LogP contribution in [0.3, 0.4) is 0 Å². The summed E-state index contributed by atoms with van der Waals surface area (Å²) in [5.41, 5.74) is 7.09. The van der Waals surface area contributed by atoms with Gasteiger partial charge in [0.25, 0.3) is 0 Å². The van der Waals surface area contributed by atoms with Gasteiger partial charge in [0.2, 0.25) is 0 Å². The number of carbonyl (C=O) groups excluding carboxylic acids is 1. The van der Waals surface area contributed by atoms with Crippen LogP contribution in [0.5, 0.6) is 0 Å². The maximum Gasteiger partial charge on any atom is 0.331 e. The van der Waals surface area contributed by atoms with Crippen molar-refractivity contribution < 1.29 is 4.79 Å². The number of urea groups is 1. The van der Waals surface area contributed by atoms with Crippen molar-refractivity contribution in [1.29, 1.82) is 5.41 Å². The van der Waals surface area contributed by atoms with Gasteiger partial charge in [-0.15, -0.1) is 0 Å². The molecule has 0 radical (unpaired) electrons. The Balaban J connectivity index is 3.27. The third-order valence-electron chi connectivity index (χ3n) is 3.05. The molecule has 6 heteroatoms. The maximum absolute atomic E-state index is 12.5. The van der Waals surface area contributed by atoms with Gasteiger partial charge in [0.05, 0.1) is 10.7 Å². The molecule has 0 bridgehead atoms. The van der Waals surface area contributed by atoms with Crippen molar-refractivity contribution in [3.8, 4) is 0 Å². The third kappa shape index (κ3) is 3.42. The monoisotopic (exact) mass is 296 g/mol. The highest BCUT2D eigenvalue weighted by Gasteiger charge is 2.24. The number of hydrogen-bond acceptors (Lipinski definition) is 2. The number of amides is 2. The summed E-state index contributed by atoms with van der Waals surface area (Å²) in [6, 6.07) is 5.24. The van der Waals surface area contributed by atoms with Gasteiger partial charge in [-0.1, -0.05) is 37.6 Å². The second-order valence-electron chi connectivity index (χ2n) is 4.48. The lowest BCUT2D eigenvalue weighted by molar-refractivity contribution is 0.232. The topological polar surface area (TPSA) is 73.4 Å². The first-order valence-electron chi connectivity index (χ1n) is 6.60. The molecule has 20 heavy (non-hydrogen) atoms. The molecule has 0 fully saturated rings. The van der Waals surface area contributed by atoms with E-state index in [4.69, 9.17) is 22.7 Å². The first-order valence-corrected chi connectivity index (χ1v) is 6.98. The zero-order valence-corrected chi connectivity index (χ0v) is 12.9. The van der Waals surface area contributed by atoms with Crippen molar-refractivity contribution in [3.05, 3.63) is 28.8 Å². The van der Waals surface area contributed by atoms with Crippen LogP contribution in [0.15, 0.2) is 18.2 Å². The lowest BCUT2D eigenvalue weighted by Gasteiger charge is -2.29. The van der Waals surface area contributed by atoms with Crippen LogP contribution in [0, 0.1) is 5.41 Å². The van der Waals surface area contributed by atoms with Gasteiger partial charge in [0, 0.05) is 13.6 Å². The van der Waals surface area contributed by atoms with Crippen LogP contribution in [0.25, 0.3) is 0 Å². The molecule has 5 nitrogen and oxygen atoms in total. The van der Waals surface area contributed by atoms with E-state index in [1.165, 1.54) is 7.05 Å². The zero-order valence-electron chi connectivity index (χ0n) is 12.1. The van der Waals surface area contributed by atoms with Crippen LogP contribution >= 0.6 is 11.6 Å². The molecule has 0 heterocycles. The Morgan fingerprint density at radius 2 is 2.05 bits per heavy atom. The fourth-order valence-electron chi connectivity index (χ4n) is 1.96. The molecule has 0 aromatic heterocycles. The lowest BCUT2D eigenvalue weighted by atomic mass is 10.1. The average molecular weight is 297 g/mol. The summed E-state index contributed by atoms with van der Waals surface area (Å²) >= 11 is 6.27. The number of para-hydroxylation sites is 1. The van der Waals surface area contributed by atoms with Gasteiger partial charge in [-0.25, -0.2) is 4.79 Å². The van der Waals surface area contributed by atoms with Gasteiger partial charge in [-0.3, -0.25) is 15.2 Å². The Bertz CT molecular complexity index is 504. The Hall–Kier alpha value is -1.75. The first kappa shape index (κ1) is 16.3. The zero-order chi connectivity index (χ0) is 15.3. The SMILES string of the molecule is CCCN(C(=O)N(C)C(=N)N)c1c(Cl)cccc1CC. The number of carbonyl (C=O) groups is 1. The molecule has 0 aliphatic heterocycles. The van der Waals surface area contributed by atoms with E-state index in [9.17, 15) is 4.79 Å². The molecule has 2 amide bonds. The Labute approximate surface area is 124 Å². The van der Waals surface area contributed by atoms with Crippen molar-refractivity contribution in [1.82, 2.24) is 4.90 Å². The predicted molar refractivity (Wildman–Crippen MR) is 83.5 cm³/mol. The first-order chi connectivity index (χ1) is 9.43. The van der Waals surface area contributed by atoms with E-state index in [-0.39, 0.29) is 12.0 Å². The highest BCUT2D eigenvalue weighted by molar-refractivity contribution is 6.34. The Morgan fingerprint density at radius 1 is 1.40 bits per heavy atom. The van der Waals surface area contributed by atoms with Crippen molar-refractivity contribution in [2.24, 2.45) is 5.73 Å². The summed E-state index contributed by atoms with van der Waals surface area (Å²) in [5, 5.41) is 7.92. The number of rotatable bonds is 4. The summed E-state index contributed by atoms with van der Waals surface area (Å²) < 4.78 is 0. The van der Waals surface area contributed by atoms with E-state index in [1.54, 1.807) is 11.0 Å². The summed E-state index contributed by atoms with van der Waals surface area (Å²) in [4.78, 5) is 15.2. The number of halogens is 1. The maximum atomic E-state index is 12.5. The quantitative estimate of drug-likeness (QED) is 0.662. The molecule has 0 aliphatic carbocycles. The minimum absolute atomic E-state index is 0.291. The van der Waals surface area contributed by atoms with Crippen LogP contribution in [-0.2, 0) is 6.42 Å². The molecular weight excluding hydrogens is 276 g/mol. The summed E-state index contributed by atoms with van der Waals surface area (Å²) in [7, 11) is 1.48. The third-order valence-corrected chi connectivity index (χ3v) is 3.35. The predicted octanol–water partition coefficient (Wildman–Crippen LogP) is 3.06. The van der Waals surface area contributed by atoms with E-state index >= 15 is 0 Å². The molecule has 1 rings (SSSR count). The number of aryl methyl sites for hydroxylation is 1. The number of nitrogens with zero attached hydrogens (tertiary/aromatic N) is 2. The number of guanidine groups is 1. The summed E-state index contributed by atoms with van der Waals surface area (Å²) in [6.07, 6.45) is 1.55. The van der Waals surface area contributed by atoms with E-state index in [2.05, 4.69) is 0 Å². The van der Waals surface area contributed by atoms with Crippen molar-refractivity contribution in [2.75, 3.05) is 18.5 Å². The van der Waals surface area contributed by atoms with Crippen molar-refractivity contribution in [2.45, 2.75) is 26.7 Å². The molecule has 0 spiro atoms. The van der Waals surface area contributed by atoms with Gasteiger partial charge in [0.15, 0.2) is 5.96 Å². The van der Waals surface area contributed by atoms with E-state index in [1.807, 2.05) is 26.0 Å². The largest absolute Gasteiger partial charge is 0.370 e. The van der Waals surface area contributed by atoms with Gasteiger partial charge >= 0.3 is 6.03 Å². The molecule has 1 aromatic carbocycles. The van der Waals surface area contributed by atoms with Crippen molar-refractivity contribution >= 4 is 29.3 Å². The van der Waals surface area contributed by atoms with E-state index in [0.717, 1.165) is 23.3 Å². The Morgan fingerprint density at radius 3 is 2.55 bits per heavy atom. The molecule has 0 atom stereocenters. The molecule has 0 aliphatic rings.